The molecule has 1 aliphatic heterocycles. The van der Waals surface area contributed by atoms with Gasteiger partial charge in [-0.05, 0) is 33.6 Å². The minimum Gasteiger partial charge on any atom is -0.444 e. The summed E-state index contributed by atoms with van der Waals surface area (Å²) in [5, 5.41) is 2.82. The highest BCUT2D eigenvalue weighted by Crippen LogP contribution is 2.29. The number of alkyl carbamates (subject to hydrolysis) is 1. The molecule has 6 heteroatoms. The standard InChI is InChI=1S/C13H23N3O3/c1-13(2,3)19-12(18)15-9-5-10(6-9)16-7-8(14)4-11(16)17/h8-10H,4-7,14H2,1-3H3,(H,15,18)/t8-,9?,10?/m0/s1. The zero-order valence-electron chi connectivity index (χ0n) is 11.8. The zero-order valence-corrected chi connectivity index (χ0v) is 11.8. The summed E-state index contributed by atoms with van der Waals surface area (Å²) in [5.41, 5.74) is 5.28. The van der Waals surface area contributed by atoms with E-state index in [0.29, 0.717) is 13.0 Å². The van der Waals surface area contributed by atoms with Gasteiger partial charge in [-0.3, -0.25) is 4.79 Å². The second kappa shape index (κ2) is 5.00. The largest absolute Gasteiger partial charge is 0.444 e. The average molecular weight is 269 g/mol. The predicted molar refractivity (Wildman–Crippen MR) is 70.5 cm³/mol. The van der Waals surface area contributed by atoms with E-state index >= 15 is 0 Å². The highest BCUT2D eigenvalue weighted by Gasteiger charge is 2.40. The number of hydrogen-bond acceptors (Lipinski definition) is 4. The maximum Gasteiger partial charge on any atom is 0.407 e. The molecule has 0 aromatic rings. The molecule has 19 heavy (non-hydrogen) atoms. The Balaban J connectivity index is 1.72. The molecule has 0 bridgehead atoms. The lowest BCUT2D eigenvalue weighted by atomic mass is 9.85. The average Bonchev–Trinajstić information content (AvgIpc) is 2.47. The number of nitrogens with two attached hydrogens (primary N) is 1. The van der Waals surface area contributed by atoms with Crippen LogP contribution in [0.3, 0.4) is 0 Å². The van der Waals surface area contributed by atoms with Gasteiger partial charge in [0.25, 0.3) is 0 Å². The number of nitrogens with one attached hydrogen (secondary N) is 1. The highest BCUT2D eigenvalue weighted by atomic mass is 16.6. The fourth-order valence-electron chi connectivity index (χ4n) is 2.55. The van der Waals surface area contributed by atoms with Crippen LogP contribution in [0.15, 0.2) is 0 Å². The van der Waals surface area contributed by atoms with Crippen LogP contribution < -0.4 is 11.1 Å². The number of amides is 2. The smallest absolute Gasteiger partial charge is 0.407 e. The maximum absolute atomic E-state index is 11.7. The summed E-state index contributed by atoms with van der Waals surface area (Å²) < 4.78 is 5.19. The molecule has 0 radical (unpaired) electrons. The van der Waals surface area contributed by atoms with Gasteiger partial charge >= 0.3 is 6.09 Å². The van der Waals surface area contributed by atoms with Crippen molar-refractivity contribution in [3.05, 3.63) is 0 Å². The van der Waals surface area contributed by atoms with Gasteiger partial charge in [-0.2, -0.15) is 0 Å². The Bertz CT molecular complexity index is 372. The molecule has 2 fully saturated rings. The second-order valence-corrected chi connectivity index (χ2v) is 6.48. The molecule has 0 aromatic carbocycles. The van der Waals surface area contributed by atoms with E-state index in [1.54, 1.807) is 0 Å². The van der Waals surface area contributed by atoms with Gasteiger partial charge in [0.05, 0.1) is 0 Å². The first-order chi connectivity index (χ1) is 8.74. The molecule has 108 valence electrons. The summed E-state index contributed by atoms with van der Waals surface area (Å²) >= 11 is 0. The number of carbonyl (C=O) groups is 2. The molecule has 1 heterocycles. The van der Waals surface area contributed by atoms with Crippen molar-refractivity contribution in [3.63, 3.8) is 0 Å². The fourth-order valence-corrected chi connectivity index (χ4v) is 2.55. The quantitative estimate of drug-likeness (QED) is 0.769. The molecule has 1 saturated heterocycles. The molecular weight excluding hydrogens is 246 g/mol. The normalized spacial score (nSPS) is 31.1. The van der Waals surface area contributed by atoms with Crippen molar-refractivity contribution in [2.24, 2.45) is 5.73 Å². The summed E-state index contributed by atoms with van der Waals surface area (Å²) in [6, 6.07) is 0.288. The number of ether oxygens (including phenoxy) is 1. The Labute approximate surface area is 113 Å². The van der Waals surface area contributed by atoms with Crippen molar-refractivity contribution in [2.45, 2.75) is 63.8 Å². The van der Waals surface area contributed by atoms with Crippen molar-refractivity contribution in [2.75, 3.05) is 6.54 Å². The third-order valence-electron chi connectivity index (χ3n) is 3.46. The van der Waals surface area contributed by atoms with Crippen molar-refractivity contribution >= 4 is 12.0 Å². The van der Waals surface area contributed by atoms with Crippen LogP contribution in [0, 0.1) is 0 Å². The molecule has 0 unspecified atom stereocenters. The molecule has 2 rings (SSSR count). The number of rotatable bonds is 2. The fraction of sp³-hybridized carbons (Fsp3) is 0.846. The van der Waals surface area contributed by atoms with Gasteiger partial charge < -0.3 is 20.7 Å². The van der Waals surface area contributed by atoms with Crippen molar-refractivity contribution in [3.8, 4) is 0 Å². The first-order valence-corrected chi connectivity index (χ1v) is 6.79. The first-order valence-electron chi connectivity index (χ1n) is 6.79. The lowest BCUT2D eigenvalue weighted by Gasteiger charge is -2.41. The van der Waals surface area contributed by atoms with Gasteiger partial charge in [0.15, 0.2) is 0 Å². The van der Waals surface area contributed by atoms with E-state index in [2.05, 4.69) is 5.32 Å². The third-order valence-corrected chi connectivity index (χ3v) is 3.46. The van der Waals surface area contributed by atoms with E-state index in [1.165, 1.54) is 0 Å². The van der Waals surface area contributed by atoms with E-state index in [4.69, 9.17) is 10.5 Å². The molecule has 1 atom stereocenters. The van der Waals surface area contributed by atoms with Gasteiger partial charge in [-0.15, -0.1) is 0 Å². The van der Waals surface area contributed by atoms with Gasteiger partial charge in [0, 0.05) is 31.1 Å². The van der Waals surface area contributed by atoms with Gasteiger partial charge in [0.2, 0.25) is 5.91 Å². The molecule has 1 saturated carbocycles. The second-order valence-electron chi connectivity index (χ2n) is 6.48. The number of carbonyl (C=O) groups excluding carboxylic acids is 2. The zero-order chi connectivity index (χ0) is 14.2. The lowest BCUT2D eigenvalue weighted by molar-refractivity contribution is -0.131. The molecule has 2 aliphatic rings. The monoisotopic (exact) mass is 269 g/mol. The third kappa shape index (κ3) is 3.59. The summed E-state index contributed by atoms with van der Waals surface area (Å²) in [7, 11) is 0. The Hall–Kier alpha value is -1.30. The van der Waals surface area contributed by atoms with Crippen LogP contribution in [0.5, 0.6) is 0 Å². The lowest BCUT2D eigenvalue weighted by Crippen LogP contribution is -2.55. The minimum atomic E-state index is -0.481. The van der Waals surface area contributed by atoms with E-state index < -0.39 is 5.60 Å². The first kappa shape index (κ1) is 14.1. The number of likely N-dealkylation sites (tertiary alicyclic amines) is 1. The summed E-state index contributed by atoms with van der Waals surface area (Å²) in [4.78, 5) is 25.1. The van der Waals surface area contributed by atoms with Crippen LogP contribution in [-0.2, 0) is 9.53 Å². The Kier molecular flexibility index (Phi) is 3.71. The molecule has 0 aromatic heterocycles. The van der Waals surface area contributed by atoms with E-state index in [1.807, 2.05) is 25.7 Å². The van der Waals surface area contributed by atoms with Crippen LogP contribution in [0.2, 0.25) is 0 Å². The van der Waals surface area contributed by atoms with Crippen LogP contribution in [0.1, 0.15) is 40.0 Å². The van der Waals surface area contributed by atoms with Gasteiger partial charge in [-0.25, -0.2) is 4.79 Å². The maximum atomic E-state index is 11.7. The van der Waals surface area contributed by atoms with E-state index in [-0.39, 0.29) is 30.1 Å². The number of hydrogen-bond donors (Lipinski definition) is 2. The molecule has 6 nitrogen and oxygen atoms in total. The molecule has 0 spiro atoms. The van der Waals surface area contributed by atoms with Crippen LogP contribution in [0.4, 0.5) is 4.79 Å². The Morgan fingerprint density at radius 3 is 2.53 bits per heavy atom. The summed E-state index contributed by atoms with van der Waals surface area (Å²) in [5.74, 6) is 0.133. The highest BCUT2D eigenvalue weighted by molar-refractivity contribution is 5.79. The summed E-state index contributed by atoms with van der Waals surface area (Å²) in [6.07, 6.45) is 1.64. The van der Waals surface area contributed by atoms with Crippen LogP contribution >= 0.6 is 0 Å². The molecule has 1 aliphatic carbocycles. The van der Waals surface area contributed by atoms with Crippen molar-refractivity contribution in [1.82, 2.24) is 10.2 Å². The van der Waals surface area contributed by atoms with Crippen LogP contribution in [0.25, 0.3) is 0 Å². The molecule has 3 N–H and O–H groups in total. The van der Waals surface area contributed by atoms with Crippen molar-refractivity contribution < 1.29 is 14.3 Å². The van der Waals surface area contributed by atoms with Crippen LogP contribution in [-0.4, -0.2) is 47.2 Å². The predicted octanol–water partition coefficient (Wildman–Crippen LogP) is 0.602. The Morgan fingerprint density at radius 1 is 1.42 bits per heavy atom. The van der Waals surface area contributed by atoms with E-state index in [0.717, 1.165) is 12.8 Å². The van der Waals surface area contributed by atoms with Gasteiger partial charge in [0.1, 0.15) is 5.60 Å². The van der Waals surface area contributed by atoms with E-state index in [9.17, 15) is 9.59 Å². The number of nitrogens with zero attached hydrogens (tertiary/aromatic N) is 1. The SMILES string of the molecule is CC(C)(C)OC(=O)NC1CC(N2C[C@@H](N)CC2=O)C1. The summed E-state index contributed by atoms with van der Waals surface area (Å²) in [6.45, 7) is 6.14. The van der Waals surface area contributed by atoms with Gasteiger partial charge in [-0.1, -0.05) is 0 Å². The van der Waals surface area contributed by atoms with Crippen molar-refractivity contribution in [1.29, 1.82) is 0 Å². The minimum absolute atomic E-state index is 0.0367. The topological polar surface area (TPSA) is 84.7 Å². The molecule has 2 amide bonds. The molecular formula is C13H23N3O3. The Morgan fingerprint density at radius 2 is 2.05 bits per heavy atom.